The molecule has 1 aromatic carbocycles. The Morgan fingerprint density at radius 1 is 1.20 bits per heavy atom. The molecule has 0 aliphatic carbocycles. The topological polar surface area (TPSA) is 96.9 Å². The van der Waals surface area contributed by atoms with Crippen molar-refractivity contribution in [2.75, 3.05) is 19.0 Å². The molecule has 0 aromatic heterocycles. The highest BCUT2D eigenvalue weighted by molar-refractivity contribution is 5.96. The number of amides is 2. The van der Waals surface area contributed by atoms with Gasteiger partial charge in [0.05, 0.1) is 18.2 Å². The van der Waals surface area contributed by atoms with Gasteiger partial charge in [-0.1, -0.05) is 6.92 Å². The fourth-order valence-electron chi connectivity index (χ4n) is 1.96. The second-order valence-electron chi connectivity index (χ2n) is 7.11. The van der Waals surface area contributed by atoms with Gasteiger partial charge in [-0.15, -0.1) is 0 Å². The predicted molar refractivity (Wildman–Crippen MR) is 95.9 cm³/mol. The minimum atomic E-state index is -0.869. The Morgan fingerprint density at radius 3 is 2.36 bits per heavy atom. The summed E-state index contributed by atoms with van der Waals surface area (Å²) in [6.07, 6.45) is -0.0940. The number of benzene rings is 1. The largest absolute Gasteiger partial charge is 0.506 e. The summed E-state index contributed by atoms with van der Waals surface area (Å²) in [7, 11) is 1.50. The van der Waals surface area contributed by atoms with Crippen molar-refractivity contribution in [3.05, 3.63) is 18.2 Å². The van der Waals surface area contributed by atoms with Crippen LogP contribution in [-0.4, -0.2) is 36.4 Å². The van der Waals surface area contributed by atoms with Gasteiger partial charge in [-0.25, -0.2) is 4.79 Å². The summed E-state index contributed by atoms with van der Waals surface area (Å²) in [5.41, 5.74) is -1.23. The number of aromatic hydroxyl groups is 1. The third kappa shape index (κ3) is 6.17. The van der Waals surface area contributed by atoms with Gasteiger partial charge in [-0.3, -0.25) is 4.79 Å². The van der Waals surface area contributed by atoms with Gasteiger partial charge in [0.1, 0.15) is 17.1 Å². The van der Waals surface area contributed by atoms with Crippen LogP contribution < -0.4 is 15.4 Å². The summed E-state index contributed by atoms with van der Waals surface area (Å²) in [6.45, 7) is 8.99. The van der Waals surface area contributed by atoms with E-state index in [9.17, 15) is 14.7 Å². The lowest BCUT2D eigenvalue weighted by molar-refractivity contribution is -0.124. The Hall–Kier alpha value is -2.44. The lowest BCUT2D eigenvalue weighted by atomic mass is 9.86. The minimum Gasteiger partial charge on any atom is -0.506 e. The number of hydrogen-bond donors (Lipinski definition) is 3. The van der Waals surface area contributed by atoms with Crippen LogP contribution in [-0.2, 0) is 9.53 Å². The maximum atomic E-state index is 12.7. The molecule has 7 nitrogen and oxygen atoms in total. The Bertz CT molecular complexity index is 624. The van der Waals surface area contributed by atoms with E-state index in [4.69, 9.17) is 9.47 Å². The average molecular weight is 352 g/mol. The molecule has 0 aliphatic heterocycles. The van der Waals surface area contributed by atoms with E-state index in [2.05, 4.69) is 10.6 Å². The standard InChI is InChI=1S/C18H28N2O5/c1-7-18(5,11-19-16(23)25-17(2,3)4)15(22)20-13-10-12(24-6)8-9-14(13)21/h8-10,21H,7,11H2,1-6H3,(H,19,23)(H,20,22)/t18-/m1/s1. The fourth-order valence-corrected chi connectivity index (χ4v) is 1.96. The van der Waals surface area contributed by atoms with Crippen LogP contribution in [0.3, 0.4) is 0 Å². The average Bonchev–Trinajstić information content (AvgIpc) is 2.53. The first-order valence-electron chi connectivity index (χ1n) is 8.16. The summed E-state index contributed by atoms with van der Waals surface area (Å²) in [5.74, 6) is 0.125. The Labute approximate surface area is 148 Å². The van der Waals surface area contributed by atoms with Crippen LogP contribution in [0, 0.1) is 5.41 Å². The predicted octanol–water partition coefficient (Wildman–Crippen LogP) is 3.28. The second kappa shape index (κ2) is 8.09. The molecule has 0 bridgehead atoms. The molecule has 25 heavy (non-hydrogen) atoms. The lowest BCUT2D eigenvalue weighted by Crippen LogP contribution is -2.44. The summed E-state index contributed by atoms with van der Waals surface area (Å²) in [6, 6.07) is 4.56. The summed E-state index contributed by atoms with van der Waals surface area (Å²) in [4.78, 5) is 24.5. The maximum Gasteiger partial charge on any atom is 0.407 e. The molecule has 0 saturated carbocycles. The van der Waals surface area contributed by atoms with Gasteiger partial charge in [0.2, 0.25) is 5.91 Å². The van der Waals surface area contributed by atoms with Gasteiger partial charge in [0.15, 0.2) is 0 Å². The van der Waals surface area contributed by atoms with Crippen molar-refractivity contribution in [1.82, 2.24) is 5.32 Å². The fraction of sp³-hybridized carbons (Fsp3) is 0.556. The van der Waals surface area contributed by atoms with Crippen molar-refractivity contribution in [3.63, 3.8) is 0 Å². The number of carbonyl (C=O) groups is 2. The highest BCUT2D eigenvalue weighted by Gasteiger charge is 2.33. The molecule has 0 unspecified atom stereocenters. The molecule has 1 aromatic rings. The van der Waals surface area contributed by atoms with Crippen molar-refractivity contribution >= 4 is 17.7 Å². The first kappa shape index (κ1) is 20.6. The van der Waals surface area contributed by atoms with Crippen molar-refractivity contribution in [2.24, 2.45) is 5.41 Å². The number of ether oxygens (including phenoxy) is 2. The number of methoxy groups -OCH3 is 1. The van der Waals surface area contributed by atoms with E-state index in [0.717, 1.165) is 0 Å². The molecule has 7 heteroatoms. The molecular weight excluding hydrogens is 324 g/mol. The van der Waals surface area contributed by atoms with Crippen molar-refractivity contribution in [2.45, 2.75) is 46.6 Å². The number of phenolic OH excluding ortho intramolecular Hbond substituents is 1. The molecule has 0 fully saturated rings. The normalized spacial score (nSPS) is 13.5. The minimum absolute atomic E-state index is 0.0623. The van der Waals surface area contributed by atoms with Crippen LogP contribution in [0.25, 0.3) is 0 Å². The van der Waals surface area contributed by atoms with E-state index in [1.165, 1.54) is 19.2 Å². The van der Waals surface area contributed by atoms with Crippen LogP contribution >= 0.6 is 0 Å². The molecule has 3 N–H and O–H groups in total. The molecule has 140 valence electrons. The summed E-state index contributed by atoms with van der Waals surface area (Å²) in [5, 5.41) is 15.2. The van der Waals surface area contributed by atoms with Crippen LogP contribution in [0.4, 0.5) is 10.5 Å². The number of carbonyl (C=O) groups excluding carboxylic acids is 2. The number of hydrogen-bond acceptors (Lipinski definition) is 5. The zero-order valence-electron chi connectivity index (χ0n) is 15.7. The molecule has 0 saturated heterocycles. The van der Waals surface area contributed by atoms with Crippen LogP contribution in [0.15, 0.2) is 18.2 Å². The lowest BCUT2D eigenvalue weighted by Gasteiger charge is -2.28. The molecule has 1 rings (SSSR count). The molecule has 0 heterocycles. The SMILES string of the molecule is CC[C@](C)(CNC(=O)OC(C)(C)C)C(=O)Nc1cc(OC)ccc1O. The van der Waals surface area contributed by atoms with Gasteiger partial charge in [0.25, 0.3) is 0 Å². The van der Waals surface area contributed by atoms with E-state index in [1.807, 2.05) is 6.92 Å². The zero-order chi connectivity index (χ0) is 19.3. The number of rotatable bonds is 6. The number of anilines is 1. The Balaban J connectivity index is 2.80. The first-order chi connectivity index (χ1) is 11.5. The van der Waals surface area contributed by atoms with Gasteiger partial charge < -0.3 is 25.2 Å². The number of alkyl carbamates (subject to hydrolysis) is 1. The van der Waals surface area contributed by atoms with Gasteiger partial charge in [-0.05, 0) is 46.2 Å². The molecule has 0 radical (unpaired) electrons. The summed E-state index contributed by atoms with van der Waals surface area (Å²) < 4.78 is 10.3. The summed E-state index contributed by atoms with van der Waals surface area (Å²) >= 11 is 0. The third-order valence-electron chi connectivity index (χ3n) is 3.80. The smallest absolute Gasteiger partial charge is 0.407 e. The molecular formula is C18H28N2O5. The molecule has 0 spiro atoms. The van der Waals surface area contributed by atoms with Gasteiger partial charge in [0, 0.05) is 12.6 Å². The Kier molecular flexibility index (Phi) is 6.67. The quantitative estimate of drug-likeness (QED) is 0.683. The van der Waals surface area contributed by atoms with Crippen molar-refractivity contribution in [3.8, 4) is 11.5 Å². The van der Waals surface area contributed by atoms with E-state index >= 15 is 0 Å². The van der Waals surface area contributed by atoms with E-state index in [-0.39, 0.29) is 23.9 Å². The molecule has 2 amide bonds. The van der Waals surface area contributed by atoms with Gasteiger partial charge >= 0.3 is 6.09 Å². The van der Waals surface area contributed by atoms with E-state index < -0.39 is 17.1 Å². The van der Waals surface area contributed by atoms with E-state index in [1.54, 1.807) is 33.8 Å². The maximum absolute atomic E-state index is 12.7. The third-order valence-corrected chi connectivity index (χ3v) is 3.80. The molecule has 1 atom stereocenters. The highest BCUT2D eigenvalue weighted by Crippen LogP contribution is 2.30. The monoisotopic (exact) mass is 352 g/mol. The highest BCUT2D eigenvalue weighted by atomic mass is 16.6. The Morgan fingerprint density at radius 2 is 1.84 bits per heavy atom. The number of nitrogens with one attached hydrogen (secondary N) is 2. The van der Waals surface area contributed by atoms with E-state index in [0.29, 0.717) is 12.2 Å². The van der Waals surface area contributed by atoms with Crippen molar-refractivity contribution < 1.29 is 24.2 Å². The zero-order valence-corrected chi connectivity index (χ0v) is 15.7. The van der Waals surface area contributed by atoms with Crippen LogP contribution in [0.5, 0.6) is 11.5 Å². The van der Waals surface area contributed by atoms with Gasteiger partial charge in [-0.2, -0.15) is 0 Å². The first-order valence-corrected chi connectivity index (χ1v) is 8.16. The van der Waals surface area contributed by atoms with Crippen LogP contribution in [0.1, 0.15) is 41.0 Å². The van der Waals surface area contributed by atoms with Crippen molar-refractivity contribution in [1.29, 1.82) is 0 Å². The molecule has 0 aliphatic rings. The van der Waals surface area contributed by atoms with Crippen LogP contribution in [0.2, 0.25) is 0 Å². The number of phenols is 1. The second-order valence-corrected chi connectivity index (χ2v) is 7.11.